The smallest absolute Gasteiger partial charge is 0.191 e. The first-order chi connectivity index (χ1) is 10.9. The number of hydrogen-bond acceptors (Lipinski definition) is 8. The second-order valence-corrected chi connectivity index (χ2v) is 9.17. The van der Waals surface area contributed by atoms with Crippen LogP contribution in [0.5, 0.6) is 0 Å². The molecule has 0 fully saturated rings. The lowest BCUT2D eigenvalue weighted by Crippen LogP contribution is -2.87. The Bertz CT molecular complexity index is 377. The van der Waals surface area contributed by atoms with Gasteiger partial charge in [0.1, 0.15) is 10.4 Å². The fourth-order valence-corrected chi connectivity index (χ4v) is 6.01. The second kappa shape index (κ2) is 8.21. The zero-order chi connectivity index (χ0) is 19.4. The first-order valence-corrected chi connectivity index (χ1v) is 9.72. The molecule has 0 aromatic heterocycles. The molecule has 0 saturated carbocycles. The van der Waals surface area contributed by atoms with Crippen LogP contribution < -0.4 is 11.5 Å². The van der Waals surface area contributed by atoms with Crippen LogP contribution >= 0.6 is 0 Å². The van der Waals surface area contributed by atoms with Gasteiger partial charge in [-0.2, -0.15) is 0 Å². The average Bonchev–Trinajstić information content (AvgIpc) is 2.63. The van der Waals surface area contributed by atoms with Gasteiger partial charge in [-0.3, -0.25) is 0 Å². The highest BCUT2D eigenvalue weighted by atomic mass is 28.2. The van der Waals surface area contributed by atoms with Gasteiger partial charge in [-0.25, -0.2) is 0 Å². The van der Waals surface area contributed by atoms with Crippen molar-refractivity contribution >= 4 is 20.5 Å². The van der Waals surface area contributed by atoms with Crippen molar-refractivity contribution in [3.8, 4) is 0 Å². The fourth-order valence-electron chi connectivity index (χ4n) is 3.34. The van der Waals surface area contributed by atoms with Gasteiger partial charge in [0.15, 0.2) is 11.6 Å². The zero-order valence-corrected chi connectivity index (χ0v) is 20.8. The van der Waals surface area contributed by atoms with Gasteiger partial charge >= 0.3 is 0 Å². The van der Waals surface area contributed by atoms with Crippen LogP contribution in [0.25, 0.3) is 0 Å². The predicted octanol–water partition coefficient (Wildman–Crippen LogP) is -2.92. The van der Waals surface area contributed by atoms with E-state index in [1.807, 2.05) is 0 Å². The van der Waals surface area contributed by atoms with E-state index in [1.165, 1.54) is 0 Å². The van der Waals surface area contributed by atoms with E-state index in [0.29, 0.717) is 20.5 Å². The second-order valence-electron chi connectivity index (χ2n) is 6.36. The summed E-state index contributed by atoms with van der Waals surface area (Å²) < 4.78 is 34.4. The summed E-state index contributed by atoms with van der Waals surface area (Å²) >= 11 is 0. The van der Waals surface area contributed by atoms with Crippen LogP contribution in [0.15, 0.2) is 0 Å². The fraction of sp³-hybridized carbons (Fsp3) is 1.00. The van der Waals surface area contributed by atoms with Gasteiger partial charge < -0.3 is 39.9 Å². The molecule has 0 aliphatic carbocycles. The molecule has 0 bridgehead atoms. The van der Waals surface area contributed by atoms with Crippen LogP contribution in [0.1, 0.15) is 13.8 Å². The van der Waals surface area contributed by atoms with Crippen molar-refractivity contribution in [1.82, 2.24) is 0 Å². The molecule has 0 rings (SSSR count). The zero-order valence-electron chi connectivity index (χ0n) is 16.8. The molecule has 0 aromatic carbocycles. The van der Waals surface area contributed by atoms with Crippen LogP contribution in [0.3, 0.4) is 0 Å². The maximum Gasteiger partial charge on any atom is 0.191 e. The molecule has 2 atom stereocenters. The van der Waals surface area contributed by atoms with Gasteiger partial charge in [-0.05, 0) is 13.8 Å². The van der Waals surface area contributed by atoms with Gasteiger partial charge in [0.25, 0.3) is 0 Å². The molecular weight excluding hydrogens is 348 g/mol. The van der Waals surface area contributed by atoms with Crippen LogP contribution in [0.4, 0.5) is 0 Å². The quantitative estimate of drug-likeness (QED) is 0.288. The van der Waals surface area contributed by atoms with Crippen molar-refractivity contribution in [2.45, 2.75) is 41.4 Å². The highest BCUT2D eigenvalue weighted by Crippen LogP contribution is 2.45. The molecule has 4 N–H and O–H groups in total. The summed E-state index contributed by atoms with van der Waals surface area (Å²) in [5, 5.41) is -2.12. The number of nitrogens with two attached hydrogens (primary N) is 2. The standard InChI is InChI=1S/C14H36N2O6Si2/c1-10(17-3,18-4)13(23,21-7)12(16,9-15)14(24,22-8)11(2,19-5)20-6/h9,15-16H2,1-8,23-24H3. The van der Waals surface area contributed by atoms with Crippen LogP contribution in [0.2, 0.25) is 0 Å². The first kappa shape index (κ1) is 24.1. The summed E-state index contributed by atoms with van der Waals surface area (Å²) in [6, 6.07) is 0. The van der Waals surface area contributed by atoms with E-state index in [2.05, 4.69) is 0 Å². The molecule has 0 saturated heterocycles. The molecule has 0 aliphatic rings. The Kier molecular flexibility index (Phi) is 8.24. The Morgan fingerprint density at radius 3 is 1.04 bits per heavy atom. The molecule has 146 valence electrons. The molecule has 0 aromatic rings. The summed E-state index contributed by atoms with van der Waals surface area (Å²) in [4.78, 5) is 0. The normalized spacial score (nSPS) is 21.2. The van der Waals surface area contributed by atoms with E-state index in [4.69, 9.17) is 39.9 Å². The monoisotopic (exact) mass is 384 g/mol. The van der Waals surface area contributed by atoms with Crippen LogP contribution in [0, 0.1) is 0 Å². The van der Waals surface area contributed by atoms with Gasteiger partial charge in [0.2, 0.25) is 0 Å². The van der Waals surface area contributed by atoms with Crippen molar-refractivity contribution in [3.05, 3.63) is 0 Å². The highest BCUT2D eigenvalue weighted by molar-refractivity contribution is 6.21. The number of hydrogen-bond donors (Lipinski definition) is 2. The lowest BCUT2D eigenvalue weighted by atomic mass is 9.77. The molecule has 10 heteroatoms. The van der Waals surface area contributed by atoms with Crippen molar-refractivity contribution < 1.29 is 28.4 Å². The molecule has 24 heavy (non-hydrogen) atoms. The van der Waals surface area contributed by atoms with Crippen LogP contribution in [-0.4, -0.2) is 97.3 Å². The lowest BCUT2D eigenvalue weighted by Gasteiger charge is -2.62. The largest absolute Gasteiger partial charge is 0.375 e. The first-order valence-electron chi connectivity index (χ1n) is 7.72. The third-order valence-electron chi connectivity index (χ3n) is 6.13. The SMILES string of the molecule is COC(C)(OC)C([SiH3])(OC)C(N)(CN)C([SiH3])(OC)C(C)(OC)OC. The van der Waals surface area contributed by atoms with Crippen LogP contribution in [-0.2, 0) is 28.4 Å². The van der Waals surface area contributed by atoms with Gasteiger partial charge in [0, 0.05) is 49.2 Å². The minimum atomic E-state index is -1.22. The minimum absolute atomic E-state index is 0.0479. The third kappa shape index (κ3) is 3.02. The van der Waals surface area contributed by atoms with Crippen molar-refractivity contribution in [2.24, 2.45) is 11.5 Å². The maximum atomic E-state index is 6.92. The van der Waals surface area contributed by atoms with E-state index < -0.39 is 27.6 Å². The van der Waals surface area contributed by atoms with Gasteiger partial charge in [-0.15, -0.1) is 0 Å². The van der Waals surface area contributed by atoms with Crippen molar-refractivity contribution in [3.63, 3.8) is 0 Å². The molecule has 0 radical (unpaired) electrons. The van der Waals surface area contributed by atoms with E-state index in [1.54, 1.807) is 56.5 Å². The summed E-state index contributed by atoms with van der Waals surface area (Å²) in [5.41, 5.74) is 11.9. The average molecular weight is 385 g/mol. The predicted molar refractivity (Wildman–Crippen MR) is 100 cm³/mol. The lowest BCUT2D eigenvalue weighted by molar-refractivity contribution is -0.334. The molecule has 8 nitrogen and oxygen atoms in total. The molecule has 0 aliphatic heterocycles. The Balaban J connectivity index is 6.70. The molecule has 0 heterocycles. The van der Waals surface area contributed by atoms with Crippen molar-refractivity contribution in [1.29, 1.82) is 0 Å². The number of methoxy groups -OCH3 is 6. The van der Waals surface area contributed by atoms with E-state index in [0.717, 1.165) is 0 Å². The summed E-state index contributed by atoms with van der Waals surface area (Å²) in [5.74, 6) is -2.28. The Morgan fingerprint density at radius 2 is 0.917 bits per heavy atom. The highest BCUT2D eigenvalue weighted by Gasteiger charge is 2.70. The Hall–Kier alpha value is 0.114. The summed E-state index contributed by atoms with van der Waals surface area (Å²) in [7, 11) is 10.2. The Morgan fingerprint density at radius 1 is 0.667 bits per heavy atom. The topological polar surface area (TPSA) is 107 Å². The van der Waals surface area contributed by atoms with E-state index >= 15 is 0 Å². The molecule has 0 spiro atoms. The van der Waals surface area contributed by atoms with E-state index in [-0.39, 0.29) is 6.54 Å². The van der Waals surface area contributed by atoms with E-state index in [9.17, 15) is 0 Å². The number of rotatable bonds is 11. The van der Waals surface area contributed by atoms with Crippen molar-refractivity contribution in [2.75, 3.05) is 49.2 Å². The van der Waals surface area contributed by atoms with Gasteiger partial charge in [0.05, 0.1) is 26.0 Å². The molecule has 2 unspecified atom stereocenters. The molecular formula is C14H36N2O6Si2. The summed E-state index contributed by atoms with van der Waals surface area (Å²) in [6.07, 6.45) is 0. The Labute approximate surface area is 151 Å². The summed E-state index contributed by atoms with van der Waals surface area (Å²) in [6.45, 7) is 3.59. The van der Waals surface area contributed by atoms with Gasteiger partial charge in [-0.1, -0.05) is 0 Å². The molecule has 0 amide bonds. The minimum Gasteiger partial charge on any atom is -0.375 e. The number of ether oxygens (including phenoxy) is 6. The third-order valence-corrected chi connectivity index (χ3v) is 10.5. The maximum absolute atomic E-state index is 6.92.